The van der Waals surface area contributed by atoms with Crippen LogP contribution in [0.2, 0.25) is 0 Å². The lowest BCUT2D eigenvalue weighted by Crippen LogP contribution is -2.38. The molecule has 1 aliphatic heterocycles. The van der Waals surface area contributed by atoms with Crippen LogP contribution in [0.3, 0.4) is 0 Å². The molecule has 1 aliphatic rings. The van der Waals surface area contributed by atoms with Gasteiger partial charge in [-0.25, -0.2) is 4.79 Å². The first kappa shape index (κ1) is 15.1. The first-order chi connectivity index (χ1) is 9.85. The standard InChI is InChI=1S/C14H13F2NO4/c15-14(16)7-11(8-18)17(13(14)21)6-5-9-1-3-10(4-2-9)12(19)20/h1-4,8,11H,5-7H2,(H,19,20)/t11-/m1/s1. The Morgan fingerprint density at radius 1 is 1.38 bits per heavy atom. The second-order valence-electron chi connectivity index (χ2n) is 4.86. The maximum absolute atomic E-state index is 13.3. The fraction of sp³-hybridized carbons (Fsp3) is 0.357. The third kappa shape index (κ3) is 3.07. The van der Waals surface area contributed by atoms with Crippen LogP contribution in [-0.2, 0) is 16.0 Å². The van der Waals surface area contributed by atoms with Crippen LogP contribution in [0, 0.1) is 0 Å². The van der Waals surface area contributed by atoms with Crippen molar-refractivity contribution in [1.82, 2.24) is 4.90 Å². The molecule has 0 spiro atoms. The van der Waals surface area contributed by atoms with Crippen LogP contribution in [0.1, 0.15) is 22.3 Å². The molecule has 0 aliphatic carbocycles. The first-order valence-electron chi connectivity index (χ1n) is 6.31. The molecule has 1 saturated heterocycles. The van der Waals surface area contributed by atoms with Crippen molar-refractivity contribution in [3.8, 4) is 0 Å². The Bertz CT molecular complexity index is 571. The third-order valence-corrected chi connectivity index (χ3v) is 3.44. The molecule has 0 unspecified atom stereocenters. The van der Waals surface area contributed by atoms with Gasteiger partial charge in [0.05, 0.1) is 11.6 Å². The van der Waals surface area contributed by atoms with Gasteiger partial charge in [0.1, 0.15) is 6.29 Å². The highest BCUT2D eigenvalue weighted by Crippen LogP contribution is 2.32. The first-order valence-corrected chi connectivity index (χ1v) is 6.31. The van der Waals surface area contributed by atoms with Gasteiger partial charge in [-0.15, -0.1) is 0 Å². The molecule has 112 valence electrons. The average Bonchev–Trinajstić information content (AvgIpc) is 2.67. The van der Waals surface area contributed by atoms with Gasteiger partial charge < -0.3 is 14.8 Å². The van der Waals surface area contributed by atoms with Crippen molar-refractivity contribution >= 4 is 18.2 Å². The van der Waals surface area contributed by atoms with E-state index in [-0.39, 0.29) is 18.5 Å². The Morgan fingerprint density at radius 3 is 2.52 bits per heavy atom. The number of nitrogens with zero attached hydrogens (tertiary/aromatic N) is 1. The van der Waals surface area contributed by atoms with Crippen LogP contribution in [0.15, 0.2) is 24.3 Å². The van der Waals surface area contributed by atoms with Crippen molar-refractivity contribution in [3.63, 3.8) is 0 Å². The number of halogens is 2. The van der Waals surface area contributed by atoms with E-state index in [9.17, 15) is 23.2 Å². The second-order valence-corrected chi connectivity index (χ2v) is 4.86. The quantitative estimate of drug-likeness (QED) is 0.833. The Morgan fingerprint density at radius 2 is 2.00 bits per heavy atom. The van der Waals surface area contributed by atoms with Crippen molar-refractivity contribution in [2.75, 3.05) is 6.54 Å². The molecule has 0 bridgehead atoms. The number of aldehydes is 1. The van der Waals surface area contributed by atoms with E-state index in [1.54, 1.807) is 12.1 Å². The Hall–Kier alpha value is -2.31. The van der Waals surface area contributed by atoms with Gasteiger partial charge in [0, 0.05) is 13.0 Å². The summed E-state index contributed by atoms with van der Waals surface area (Å²) in [6.45, 7) is -0.00967. The molecule has 0 aromatic heterocycles. The third-order valence-electron chi connectivity index (χ3n) is 3.44. The number of rotatable bonds is 5. The SMILES string of the molecule is O=C[C@H]1CC(F)(F)C(=O)N1CCc1ccc(C(=O)O)cc1. The summed E-state index contributed by atoms with van der Waals surface area (Å²) in [5, 5.41) is 8.76. The highest BCUT2D eigenvalue weighted by atomic mass is 19.3. The monoisotopic (exact) mass is 297 g/mol. The van der Waals surface area contributed by atoms with Gasteiger partial charge in [-0.1, -0.05) is 12.1 Å². The molecule has 0 saturated carbocycles. The fourth-order valence-electron chi connectivity index (χ4n) is 2.27. The lowest BCUT2D eigenvalue weighted by molar-refractivity contribution is -0.148. The van der Waals surface area contributed by atoms with Crippen LogP contribution in [0.5, 0.6) is 0 Å². The van der Waals surface area contributed by atoms with E-state index in [1.807, 2.05) is 0 Å². The number of alkyl halides is 2. The zero-order valence-electron chi connectivity index (χ0n) is 11.0. The van der Waals surface area contributed by atoms with E-state index in [0.29, 0.717) is 11.8 Å². The predicted octanol–water partition coefficient (Wildman–Crippen LogP) is 1.36. The number of hydrogen-bond donors (Lipinski definition) is 1. The van der Waals surface area contributed by atoms with Crippen LogP contribution in [0.25, 0.3) is 0 Å². The Kier molecular flexibility index (Phi) is 4.02. The van der Waals surface area contributed by atoms with E-state index in [2.05, 4.69) is 0 Å². The molecule has 1 fully saturated rings. The molecular weight excluding hydrogens is 284 g/mol. The van der Waals surface area contributed by atoms with Crippen molar-refractivity contribution in [1.29, 1.82) is 0 Å². The summed E-state index contributed by atoms with van der Waals surface area (Å²) >= 11 is 0. The van der Waals surface area contributed by atoms with Crippen LogP contribution in [-0.4, -0.2) is 46.7 Å². The summed E-state index contributed by atoms with van der Waals surface area (Å²) in [5.74, 6) is -5.88. The lowest BCUT2D eigenvalue weighted by atomic mass is 10.1. The van der Waals surface area contributed by atoms with Gasteiger partial charge in [0.2, 0.25) is 0 Å². The number of amides is 1. The summed E-state index contributed by atoms with van der Waals surface area (Å²) in [6, 6.07) is 4.80. The molecule has 21 heavy (non-hydrogen) atoms. The molecule has 0 radical (unpaired) electrons. The summed E-state index contributed by atoms with van der Waals surface area (Å²) in [5.41, 5.74) is 0.820. The molecule has 1 atom stereocenters. The number of hydrogen-bond acceptors (Lipinski definition) is 3. The predicted molar refractivity (Wildman–Crippen MR) is 68.2 cm³/mol. The van der Waals surface area contributed by atoms with Crippen molar-refractivity contribution in [2.24, 2.45) is 0 Å². The average molecular weight is 297 g/mol. The molecule has 1 N–H and O–H groups in total. The molecular formula is C14H13F2NO4. The van der Waals surface area contributed by atoms with Crippen molar-refractivity contribution in [2.45, 2.75) is 24.8 Å². The number of carbonyl (C=O) groups is 3. The normalized spacial score (nSPS) is 20.6. The number of aromatic carboxylic acids is 1. The number of carbonyl (C=O) groups excluding carboxylic acids is 2. The number of carboxylic acid groups (broad SMARTS) is 1. The Labute approximate surface area is 119 Å². The van der Waals surface area contributed by atoms with Crippen LogP contribution >= 0.6 is 0 Å². The molecule has 1 heterocycles. The minimum absolute atomic E-state index is 0.00967. The van der Waals surface area contributed by atoms with Gasteiger partial charge in [-0.2, -0.15) is 8.78 Å². The minimum Gasteiger partial charge on any atom is -0.478 e. The van der Waals surface area contributed by atoms with Gasteiger partial charge in [-0.05, 0) is 24.1 Å². The zero-order chi connectivity index (χ0) is 15.6. The van der Waals surface area contributed by atoms with Gasteiger partial charge in [0.15, 0.2) is 0 Å². The summed E-state index contributed by atoms with van der Waals surface area (Å²) < 4.78 is 26.6. The maximum atomic E-state index is 13.3. The topological polar surface area (TPSA) is 74.7 Å². The van der Waals surface area contributed by atoms with Gasteiger partial charge >= 0.3 is 11.9 Å². The largest absolute Gasteiger partial charge is 0.478 e. The zero-order valence-corrected chi connectivity index (χ0v) is 11.0. The van der Waals surface area contributed by atoms with E-state index < -0.39 is 30.3 Å². The van der Waals surface area contributed by atoms with Crippen LogP contribution in [0.4, 0.5) is 8.78 Å². The molecule has 1 aromatic rings. The lowest BCUT2D eigenvalue weighted by Gasteiger charge is -2.19. The number of benzene rings is 1. The maximum Gasteiger partial charge on any atom is 0.335 e. The number of likely N-dealkylation sites (tertiary alicyclic amines) is 1. The smallest absolute Gasteiger partial charge is 0.335 e. The molecule has 1 amide bonds. The summed E-state index contributed by atoms with van der Waals surface area (Å²) in [6.07, 6.45) is -0.161. The van der Waals surface area contributed by atoms with Crippen molar-refractivity contribution < 1.29 is 28.3 Å². The van der Waals surface area contributed by atoms with E-state index in [0.717, 1.165) is 4.90 Å². The van der Waals surface area contributed by atoms with Gasteiger partial charge in [0.25, 0.3) is 5.91 Å². The Balaban J connectivity index is 2.03. The van der Waals surface area contributed by atoms with E-state index >= 15 is 0 Å². The van der Waals surface area contributed by atoms with Crippen LogP contribution < -0.4 is 0 Å². The van der Waals surface area contributed by atoms with E-state index in [4.69, 9.17) is 5.11 Å². The second kappa shape index (κ2) is 5.59. The summed E-state index contributed by atoms with van der Waals surface area (Å²) in [7, 11) is 0. The molecule has 2 rings (SSSR count). The molecule has 7 heteroatoms. The highest BCUT2D eigenvalue weighted by molar-refractivity contribution is 5.90. The fourth-order valence-corrected chi connectivity index (χ4v) is 2.27. The van der Waals surface area contributed by atoms with Gasteiger partial charge in [-0.3, -0.25) is 4.79 Å². The molecule has 5 nitrogen and oxygen atoms in total. The molecule has 1 aromatic carbocycles. The van der Waals surface area contributed by atoms with E-state index in [1.165, 1.54) is 12.1 Å². The highest BCUT2D eigenvalue weighted by Gasteiger charge is 2.53. The van der Waals surface area contributed by atoms with Crippen molar-refractivity contribution in [3.05, 3.63) is 35.4 Å². The minimum atomic E-state index is -3.49. The number of carboxylic acids is 1. The summed E-state index contributed by atoms with van der Waals surface area (Å²) in [4.78, 5) is 33.9.